The van der Waals surface area contributed by atoms with Crippen molar-refractivity contribution >= 4 is 0 Å². The van der Waals surface area contributed by atoms with Crippen molar-refractivity contribution in [2.24, 2.45) is 0 Å². The highest BCUT2D eigenvalue weighted by Gasteiger charge is 2.05. The third-order valence-electron chi connectivity index (χ3n) is 2.97. The molecule has 0 saturated carbocycles. The molecular weight excluding hydrogens is 254 g/mol. The van der Waals surface area contributed by atoms with Crippen molar-refractivity contribution in [3.63, 3.8) is 0 Å². The summed E-state index contributed by atoms with van der Waals surface area (Å²) in [7, 11) is 1.66. The van der Waals surface area contributed by atoms with E-state index in [2.05, 4.69) is 23.3 Å². The number of benzene rings is 1. The molecule has 0 amide bonds. The molecule has 2 rings (SSSR count). The summed E-state index contributed by atoms with van der Waals surface area (Å²) in [5.74, 6) is 1.54. The predicted molar refractivity (Wildman–Crippen MR) is 78.1 cm³/mol. The standard InChI is InChI=1S/C15H21N3O2/c1-3-16-11-13-4-5-14(15(10-13)19-2)20-9-8-18-7-6-17-12-18/h4-7,10,12,16H,3,8-9,11H2,1-2H3. The summed E-state index contributed by atoms with van der Waals surface area (Å²) in [5.41, 5.74) is 1.19. The second-order valence-electron chi connectivity index (χ2n) is 4.41. The Kier molecular flexibility index (Phi) is 5.43. The minimum absolute atomic E-state index is 0.583. The van der Waals surface area contributed by atoms with Crippen molar-refractivity contribution in [1.29, 1.82) is 0 Å². The van der Waals surface area contributed by atoms with Gasteiger partial charge in [-0.15, -0.1) is 0 Å². The van der Waals surface area contributed by atoms with Crippen LogP contribution in [0.1, 0.15) is 12.5 Å². The number of hydrogen-bond acceptors (Lipinski definition) is 4. The fraction of sp³-hybridized carbons (Fsp3) is 0.400. The van der Waals surface area contributed by atoms with Crippen LogP contribution in [0.4, 0.5) is 0 Å². The summed E-state index contributed by atoms with van der Waals surface area (Å²) in [6.45, 7) is 5.22. The van der Waals surface area contributed by atoms with Crippen molar-refractivity contribution in [1.82, 2.24) is 14.9 Å². The average Bonchev–Trinajstić information content (AvgIpc) is 2.99. The Balaban J connectivity index is 1.92. The highest BCUT2D eigenvalue weighted by molar-refractivity contribution is 5.42. The van der Waals surface area contributed by atoms with Crippen LogP contribution in [0.15, 0.2) is 36.9 Å². The molecular formula is C15H21N3O2. The molecule has 0 aliphatic rings. The van der Waals surface area contributed by atoms with E-state index in [9.17, 15) is 0 Å². The van der Waals surface area contributed by atoms with Crippen LogP contribution in [0.3, 0.4) is 0 Å². The molecule has 2 aromatic rings. The molecule has 0 aliphatic heterocycles. The maximum absolute atomic E-state index is 5.77. The van der Waals surface area contributed by atoms with Gasteiger partial charge in [0.2, 0.25) is 0 Å². The van der Waals surface area contributed by atoms with Gasteiger partial charge < -0.3 is 19.4 Å². The van der Waals surface area contributed by atoms with Gasteiger partial charge in [-0.2, -0.15) is 0 Å². The van der Waals surface area contributed by atoms with Crippen molar-refractivity contribution in [2.45, 2.75) is 20.0 Å². The molecule has 1 aromatic heterocycles. The quantitative estimate of drug-likeness (QED) is 0.801. The van der Waals surface area contributed by atoms with Crippen molar-refractivity contribution in [3.8, 4) is 11.5 Å². The summed E-state index contributed by atoms with van der Waals surface area (Å²) in [5, 5.41) is 3.29. The molecule has 0 atom stereocenters. The molecule has 5 heteroatoms. The number of ether oxygens (including phenoxy) is 2. The maximum atomic E-state index is 5.77. The third-order valence-corrected chi connectivity index (χ3v) is 2.97. The molecule has 20 heavy (non-hydrogen) atoms. The van der Waals surface area contributed by atoms with Crippen molar-refractivity contribution in [2.75, 3.05) is 20.3 Å². The van der Waals surface area contributed by atoms with E-state index in [1.54, 1.807) is 19.6 Å². The highest BCUT2D eigenvalue weighted by atomic mass is 16.5. The molecule has 1 N–H and O–H groups in total. The molecule has 0 bridgehead atoms. The largest absolute Gasteiger partial charge is 0.493 e. The third kappa shape index (κ3) is 3.99. The second kappa shape index (κ2) is 7.55. The van der Waals surface area contributed by atoms with Gasteiger partial charge in [0, 0.05) is 18.9 Å². The number of aromatic nitrogens is 2. The Morgan fingerprint density at radius 1 is 1.30 bits per heavy atom. The van der Waals surface area contributed by atoms with Gasteiger partial charge in [-0.1, -0.05) is 13.0 Å². The number of rotatable bonds is 8. The average molecular weight is 275 g/mol. The van der Waals surface area contributed by atoms with E-state index in [1.165, 1.54) is 5.56 Å². The zero-order valence-electron chi connectivity index (χ0n) is 12.0. The predicted octanol–water partition coefficient (Wildman–Crippen LogP) is 2.08. The van der Waals surface area contributed by atoms with E-state index in [-0.39, 0.29) is 0 Å². The van der Waals surface area contributed by atoms with Gasteiger partial charge in [0.25, 0.3) is 0 Å². The van der Waals surface area contributed by atoms with Gasteiger partial charge in [0.05, 0.1) is 20.0 Å². The van der Waals surface area contributed by atoms with E-state index in [1.807, 2.05) is 22.9 Å². The summed E-state index contributed by atoms with van der Waals surface area (Å²) >= 11 is 0. The molecule has 0 spiro atoms. The normalized spacial score (nSPS) is 10.5. The Bertz CT molecular complexity index is 512. The number of methoxy groups -OCH3 is 1. The molecule has 0 aliphatic carbocycles. The molecule has 108 valence electrons. The zero-order chi connectivity index (χ0) is 14.2. The monoisotopic (exact) mass is 275 g/mol. The van der Waals surface area contributed by atoms with Crippen LogP contribution in [0.25, 0.3) is 0 Å². The first-order valence-corrected chi connectivity index (χ1v) is 6.79. The number of hydrogen-bond donors (Lipinski definition) is 1. The van der Waals surface area contributed by atoms with Crippen LogP contribution in [-0.4, -0.2) is 29.8 Å². The molecule has 0 unspecified atom stereocenters. The van der Waals surface area contributed by atoms with E-state index in [4.69, 9.17) is 9.47 Å². The smallest absolute Gasteiger partial charge is 0.161 e. The Labute approximate surface area is 119 Å². The number of nitrogens with one attached hydrogen (secondary N) is 1. The van der Waals surface area contributed by atoms with Crippen molar-refractivity contribution in [3.05, 3.63) is 42.5 Å². The van der Waals surface area contributed by atoms with Gasteiger partial charge in [-0.3, -0.25) is 0 Å². The molecule has 0 radical (unpaired) electrons. The Morgan fingerprint density at radius 3 is 2.90 bits per heavy atom. The van der Waals surface area contributed by atoms with Gasteiger partial charge in [-0.05, 0) is 24.2 Å². The highest BCUT2D eigenvalue weighted by Crippen LogP contribution is 2.28. The lowest BCUT2D eigenvalue weighted by atomic mass is 10.2. The van der Waals surface area contributed by atoms with Crippen molar-refractivity contribution < 1.29 is 9.47 Å². The summed E-state index contributed by atoms with van der Waals surface area (Å²) < 4.78 is 13.1. The SMILES string of the molecule is CCNCc1ccc(OCCn2ccnc2)c(OC)c1. The Morgan fingerprint density at radius 2 is 2.20 bits per heavy atom. The number of nitrogens with zero attached hydrogens (tertiary/aromatic N) is 2. The van der Waals surface area contributed by atoms with Crippen LogP contribution in [-0.2, 0) is 13.1 Å². The molecule has 5 nitrogen and oxygen atoms in total. The maximum Gasteiger partial charge on any atom is 0.161 e. The topological polar surface area (TPSA) is 48.3 Å². The van der Waals surface area contributed by atoms with Crippen LogP contribution in [0.5, 0.6) is 11.5 Å². The minimum atomic E-state index is 0.583. The lowest BCUT2D eigenvalue weighted by Crippen LogP contribution is -2.12. The summed E-state index contributed by atoms with van der Waals surface area (Å²) in [4.78, 5) is 4.00. The molecule has 1 aromatic carbocycles. The first-order chi connectivity index (χ1) is 9.83. The molecule has 1 heterocycles. The van der Waals surface area contributed by atoms with Gasteiger partial charge >= 0.3 is 0 Å². The van der Waals surface area contributed by atoms with Crippen LogP contribution in [0.2, 0.25) is 0 Å². The lowest BCUT2D eigenvalue weighted by Gasteiger charge is -2.12. The fourth-order valence-electron chi connectivity index (χ4n) is 1.89. The lowest BCUT2D eigenvalue weighted by molar-refractivity contribution is 0.279. The fourth-order valence-corrected chi connectivity index (χ4v) is 1.89. The zero-order valence-corrected chi connectivity index (χ0v) is 12.0. The summed E-state index contributed by atoms with van der Waals surface area (Å²) in [6.07, 6.45) is 5.45. The van der Waals surface area contributed by atoms with E-state index < -0.39 is 0 Å². The first-order valence-electron chi connectivity index (χ1n) is 6.79. The van der Waals surface area contributed by atoms with Crippen LogP contribution in [0, 0.1) is 0 Å². The second-order valence-corrected chi connectivity index (χ2v) is 4.41. The number of imidazole rings is 1. The first kappa shape index (κ1) is 14.4. The Hall–Kier alpha value is -2.01. The van der Waals surface area contributed by atoms with Crippen LogP contribution < -0.4 is 14.8 Å². The van der Waals surface area contributed by atoms with E-state index >= 15 is 0 Å². The van der Waals surface area contributed by atoms with E-state index in [0.29, 0.717) is 6.61 Å². The van der Waals surface area contributed by atoms with Gasteiger partial charge in [0.15, 0.2) is 11.5 Å². The molecule has 0 fully saturated rings. The van der Waals surface area contributed by atoms with Gasteiger partial charge in [-0.25, -0.2) is 4.98 Å². The van der Waals surface area contributed by atoms with Gasteiger partial charge in [0.1, 0.15) is 6.61 Å². The molecule has 0 saturated heterocycles. The van der Waals surface area contributed by atoms with Crippen LogP contribution >= 0.6 is 0 Å². The van der Waals surface area contributed by atoms with E-state index in [0.717, 1.165) is 31.1 Å². The minimum Gasteiger partial charge on any atom is -0.493 e. The summed E-state index contributed by atoms with van der Waals surface area (Å²) in [6, 6.07) is 6.02.